The zero-order valence-electron chi connectivity index (χ0n) is 13.5. The molecule has 0 spiro atoms. The Bertz CT molecular complexity index is 395. The molecular weight excluding hydrogens is 262 g/mol. The molecule has 1 N–H and O–H groups in total. The van der Waals surface area contributed by atoms with E-state index in [1.54, 1.807) is 7.11 Å². The van der Waals surface area contributed by atoms with Gasteiger partial charge < -0.3 is 4.74 Å². The van der Waals surface area contributed by atoms with E-state index in [0.717, 1.165) is 25.6 Å². The highest BCUT2D eigenvalue weighted by molar-refractivity contribution is 5.19. The Morgan fingerprint density at radius 2 is 2.00 bits per heavy atom. The Hall–Kier alpha value is -0.630. The fourth-order valence-electron chi connectivity index (χ4n) is 3.45. The second-order valence-corrected chi connectivity index (χ2v) is 7.32. The first-order chi connectivity index (χ1) is 10.2. The molecule has 0 aromatic rings. The minimum atomic E-state index is -0.321. The number of ether oxygens (including phenoxy) is 1. The van der Waals surface area contributed by atoms with Crippen molar-refractivity contribution in [2.24, 2.45) is 11.8 Å². The van der Waals surface area contributed by atoms with E-state index >= 15 is 0 Å². The number of rotatable bonds is 10. The van der Waals surface area contributed by atoms with Crippen LogP contribution in [0.3, 0.4) is 0 Å². The summed E-state index contributed by atoms with van der Waals surface area (Å²) in [6.45, 7) is 4.90. The molecule has 3 saturated carbocycles. The Kier molecular flexibility index (Phi) is 4.54. The van der Waals surface area contributed by atoms with Crippen LogP contribution < -0.4 is 5.32 Å². The third kappa shape index (κ3) is 3.77. The maximum absolute atomic E-state index is 9.90. The van der Waals surface area contributed by atoms with E-state index in [4.69, 9.17) is 4.74 Å². The predicted octanol–water partition coefficient (Wildman–Crippen LogP) is 2.16. The first kappa shape index (κ1) is 15.3. The van der Waals surface area contributed by atoms with Crippen molar-refractivity contribution in [1.82, 2.24) is 10.2 Å². The summed E-state index contributed by atoms with van der Waals surface area (Å²) in [4.78, 5) is 2.51. The molecule has 3 aliphatic carbocycles. The smallest absolute Gasteiger partial charge is 0.122 e. The molecule has 4 heteroatoms. The quantitative estimate of drug-likeness (QED) is 0.670. The predicted molar refractivity (Wildman–Crippen MR) is 82.9 cm³/mol. The van der Waals surface area contributed by atoms with Gasteiger partial charge in [-0.25, -0.2) is 0 Å². The van der Waals surface area contributed by atoms with Crippen LogP contribution in [0.15, 0.2) is 0 Å². The van der Waals surface area contributed by atoms with Gasteiger partial charge in [-0.2, -0.15) is 5.26 Å². The third-order valence-electron chi connectivity index (χ3n) is 5.43. The van der Waals surface area contributed by atoms with Gasteiger partial charge in [0.05, 0.1) is 12.7 Å². The minimum Gasteiger partial charge on any atom is -0.383 e. The maximum atomic E-state index is 9.90. The van der Waals surface area contributed by atoms with Gasteiger partial charge >= 0.3 is 0 Å². The lowest BCUT2D eigenvalue weighted by Gasteiger charge is -2.38. The van der Waals surface area contributed by atoms with Gasteiger partial charge in [0.25, 0.3) is 0 Å². The highest BCUT2D eigenvalue weighted by Crippen LogP contribution is 2.43. The van der Waals surface area contributed by atoms with Gasteiger partial charge in [0.15, 0.2) is 0 Å². The highest BCUT2D eigenvalue weighted by atomic mass is 16.5. The molecule has 3 rings (SSSR count). The molecule has 0 saturated heterocycles. The van der Waals surface area contributed by atoms with E-state index in [2.05, 4.69) is 23.2 Å². The highest BCUT2D eigenvalue weighted by Gasteiger charge is 2.50. The maximum Gasteiger partial charge on any atom is 0.122 e. The molecule has 0 bridgehead atoms. The van der Waals surface area contributed by atoms with Gasteiger partial charge in [0, 0.05) is 32.3 Å². The average Bonchev–Trinajstić information content (AvgIpc) is 3.31. The second kappa shape index (κ2) is 6.24. The van der Waals surface area contributed by atoms with Crippen molar-refractivity contribution in [2.45, 2.75) is 63.1 Å². The van der Waals surface area contributed by atoms with Crippen LogP contribution in [0.4, 0.5) is 0 Å². The summed E-state index contributed by atoms with van der Waals surface area (Å²) >= 11 is 0. The minimum absolute atomic E-state index is 0.321. The lowest BCUT2D eigenvalue weighted by Crippen LogP contribution is -2.57. The third-order valence-corrected chi connectivity index (χ3v) is 5.43. The standard InChI is InChI=1S/C17H29N3O/c1-13(14-3-4-14)20(9-10-21-2)12-17(11-18,15-5-6-15)19-16-7-8-16/h13-16,19H,3-10,12H2,1-2H3. The molecule has 3 aliphatic rings. The lowest BCUT2D eigenvalue weighted by molar-refractivity contribution is 0.0929. The summed E-state index contributed by atoms with van der Waals surface area (Å²) in [6, 6.07) is 3.84. The van der Waals surface area contributed by atoms with E-state index in [0.29, 0.717) is 18.0 Å². The topological polar surface area (TPSA) is 48.3 Å². The number of methoxy groups -OCH3 is 1. The summed E-state index contributed by atoms with van der Waals surface area (Å²) < 4.78 is 5.30. The van der Waals surface area contributed by atoms with Crippen LogP contribution in [-0.4, -0.2) is 49.3 Å². The van der Waals surface area contributed by atoms with Crippen LogP contribution in [-0.2, 0) is 4.74 Å². The van der Waals surface area contributed by atoms with Crippen LogP contribution in [0.2, 0.25) is 0 Å². The lowest BCUT2D eigenvalue weighted by atomic mass is 9.92. The summed E-state index contributed by atoms with van der Waals surface area (Å²) in [5.74, 6) is 1.39. The number of hydrogen-bond donors (Lipinski definition) is 1. The zero-order chi connectivity index (χ0) is 14.9. The van der Waals surface area contributed by atoms with Crippen LogP contribution in [0, 0.1) is 23.2 Å². The summed E-state index contributed by atoms with van der Waals surface area (Å²) in [5.41, 5.74) is -0.321. The fourth-order valence-corrected chi connectivity index (χ4v) is 3.45. The zero-order valence-corrected chi connectivity index (χ0v) is 13.5. The van der Waals surface area contributed by atoms with Gasteiger partial charge in [0.1, 0.15) is 5.54 Å². The van der Waals surface area contributed by atoms with Gasteiger partial charge in [-0.05, 0) is 57.3 Å². The van der Waals surface area contributed by atoms with Gasteiger partial charge in [-0.1, -0.05) is 0 Å². The van der Waals surface area contributed by atoms with Gasteiger partial charge in [-0.15, -0.1) is 0 Å². The number of nitriles is 1. The van der Waals surface area contributed by atoms with Crippen molar-refractivity contribution in [3.8, 4) is 6.07 Å². The van der Waals surface area contributed by atoms with Crippen molar-refractivity contribution in [2.75, 3.05) is 26.8 Å². The Balaban J connectivity index is 1.68. The molecule has 0 heterocycles. The van der Waals surface area contributed by atoms with Crippen molar-refractivity contribution in [3.05, 3.63) is 0 Å². The Morgan fingerprint density at radius 3 is 2.48 bits per heavy atom. The first-order valence-electron chi connectivity index (χ1n) is 8.60. The summed E-state index contributed by atoms with van der Waals surface area (Å²) in [7, 11) is 1.76. The van der Waals surface area contributed by atoms with E-state index in [1.165, 1.54) is 38.5 Å². The molecule has 0 aromatic heterocycles. The molecule has 0 aliphatic heterocycles. The van der Waals surface area contributed by atoms with Crippen LogP contribution in [0.5, 0.6) is 0 Å². The fraction of sp³-hybridized carbons (Fsp3) is 0.941. The Labute approximate surface area is 128 Å². The monoisotopic (exact) mass is 291 g/mol. The van der Waals surface area contributed by atoms with Crippen LogP contribution in [0.1, 0.15) is 45.4 Å². The van der Waals surface area contributed by atoms with E-state index in [9.17, 15) is 5.26 Å². The average molecular weight is 291 g/mol. The summed E-state index contributed by atoms with van der Waals surface area (Å²) in [5, 5.41) is 13.6. The molecule has 2 unspecified atom stereocenters. The van der Waals surface area contributed by atoms with E-state index in [1.807, 2.05) is 0 Å². The van der Waals surface area contributed by atoms with Gasteiger partial charge in [0.2, 0.25) is 0 Å². The van der Waals surface area contributed by atoms with Crippen LogP contribution in [0.25, 0.3) is 0 Å². The number of nitrogens with zero attached hydrogens (tertiary/aromatic N) is 2. The molecule has 0 amide bonds. The van der Waals surface area contributed by atoms with Crippen molar-refractivity contribution >= 4 is 0 Å². The normalized spacial score (nSPS) is 26.4. The van der Waals surface area contributed by atoms with Crippen LogP contribution >= 0.6 is 0 Å². The summed E-state index contributed by atoms with van der Waals surface area (Å²) in [6.07, 6.45) is 7.61. The van der Waals surface area contributed by atoms with E-state index in [-0.39, 0.29) is 5.54 Å². The number of hydrogen-bond acceptors (Lipinski definition) is 4. The molecule has 0 radical (unpaired) electrons. The molecule has 3 fully saturated rings. The molecular formula is C17H29N3O. The van der Waals surface area contributed by atoms with Crippen molar-refractivity contribution in [1.29, 1.82) is 5.26 Å². The Morgan fingerprint density at radius 1 is 1.29 bits per heavy atom. The van der Waals surface area contributed by atoms with Gasteiger partial charge in [-0.3, -0.25) is 10.2 Å². The molecule has 4 nitrogen and oxygen atoms in total. The largest absolute Gasteiger partial charge is 0.383 e. The molecule has 2 atom stereocenters. The van der Waals surface area contributed by atoms with Crippen molar-refractivity contribution in [3.63, 3.8) is 0 Å². The molecule has 118 valence electrons. The van der Waals surface area contributed by atoms with E-state index < -0.39 is 0 Å². The molecule has 0 aromatic carbocycles. The first-order valence-corrected chi connectivity index (χ1v) is 8.60. The van der Waals surface area contributed by atoms with Crippen molar-refractivity contribution < 1.29 is 4.74 Å². The molecule has 21 heavy (non-hydrogen) atoms. The number of nitrogens with one attached hydrogen (secondary N) is 1. The second-order valence-electron chi connectivity index (χ2n) is 7.32. The SMILES string of the molecule is COCCN(CC(C#N)(NC1CC1)C1CC1)C(C)C1CC1.